The van der Waals surface area contributed by atoms with Gasteiger partial charge in [0.25, 0.3) is 0 Å². The summed E-state index contributed by atoms with van der Waals surface area (Å²) in [6, 6.07) is 15.8. The summed E-state index contributed by atoms with van der Waals surface area (Å²) in [7, 11) is 0. The van der Waals surface area contributed by atoms with Gasteiger partial charge in [0.2, 0.25) is 11.8 Å². The molecule has 0 bridgehead atoms. The second kappa shape index (κ2) is 8.61. The number of nitrogens with one attached hydrogen (secondary N) is 2. The Bertz CT molecular complexity index is 837. The number of anilines is 1. The number of carbonyl (C=O) groups is 2. The Morgan fingerprint density at radius 1 is 1.10 bits per heavy atom. The maximum Gasteiger partial charge on any atom is 0.250 e. The average Bonchev–Trinajstić information content (AvgIpc) is 3.01. The smallest absolute Gasteiger partial charge is 0.250 e. The molecular formula is C22H27N5O2. The van der Waals surface area contributed by atoms with Crippen molar-refractivity contribution in [2.75, 3.05) is 37.7 Å². The van der Waals surface area contributed by atoms with Gasteiger partial charge in [-0.2, -0.15) is 0 Å². The molecule has 2 aliphatic rings. The number of benzene rings is 1. The maximum atomic E-state index is 13.4. The highest BCUT2D eigenvalue weighted by molar-refractivity contribution is 5.96. The minimum absolute atomic E-state index is 0.0581. The lowest BCUT2D eigenvalue weighted by Gasteiger charge is -2.40. The summed E-state index contributed by atoms with van der Waals surface area (Å²) in [4.78, 5) is 34.0. The van der Waals surface area contributed by atoms with Gasteiger partial charge in [0.15, 0.2) is 0 Å². The highest BCUT2D eigenvalue weighted by atomic mass is 16.2. The van der Waals surface area contributed by atoms with Gasteiger partial charge in [0, 0.05) is 30.5 Å². The van der Waals surface area contributed by atoms with Gasteiger partial charge in [-0.1, -0.05) is 24.3 Å². The first kappa shape index (κ1) is 19.4. The zero-order chi connectivity index (χ0) is 20.1. The van der Waals surface area contributed by atoms with Crippen LogP contribution in [-0.4, -0.2) is 60.1 Å². The minimum Gasteiger partial charge on any atom is -0.354 e. The molecule has 29 heavy (non-hydrogen) atoms. The summed E-state index contributed by atoms with van der Waals surface area (Å²) in [6.45, 7) is 2.64. The third-order valence-corrected chi connectivity index (χ3v) is 5.78. The lowest BCUT2D eigenvalue weighted by atomic mass is 9.86. The second-order valence-electron chi connectivity index (χ2n) is 7.61. The number of carbonyl (C=O) groups excluding carboxylic acids is 2. The fourth-order valence-electron chi connectivity index (χ4n) is 4.27. The van der Waals surface area contributed by atoms with Crippen molar-refractivity contribution in [2.45, 2.75) is 24.8 Å². The number of amides is 2. The molecular weight excluding hydrogens is 366 g/mol. The molecule has 0 radical (unpaired) electrons. The summed E-state index contributed by atoms with van der Waals surface area (Å²) < 4.78 is 0. The van der Waals surface area contributed by atoms with Crippen LogP contribution in [0.15, 0.2) is 54.7 Å². The molecule has 2 N–H and O–H groups in total. The van der Waals surface area contributed by atoms with Gasteiger partial charge < -0.3 is 20.4 Å². The van der Waals surface area contributed by atoms with Crippen LogP contribution in [-0.2, 0) is 16.0 Å². The van der Waals surface area contributed by atoms with Gasteiger partial charge in [-0.15, -0.1) is 0 Å². The Labute approximate surface area is 171 Å². The van der Waals surface area contributed by atoms with Crippen LogP contribution in [0.25, 0.3) is 0 Å². The minimum atomic E-state index is -0.555. The summed E-state index contributed by atoms with van der Waals surface area (Å²) in [5.41, 5.74) is 1.41. The zero-order valence-corrected chi connectivity index (χ0v) is 16.5. The molecule has 0 saturated carbocycles. The molecule has 0 unspecified atom stereocenters. The normalized spacial score (nSPS) is 18.3. The number of nitrogens with zero attached hydrogens (tertiary/aromatic N) is 3. The highest BCUT2D eigenvalue weighted by Gasteiger charge is 2.52. The SMILES string of the molecule is O=C(CN1CN(c2ccccc2)C2(CCNCC2)C1=O)NCCc1ccccn1. The fourth-order valence-corrected chi connectivity index (χ4v) is 4.27. The van der Waals surface area contributed by atoms with E-state index in [1.807, 2.05) is 48.5 Å². The van der Waals surface area contributed by atoms with E-state index in [1.165, 1.54) is 0 Å². The van der Waals surface area contributed by atoms with Gasteiger partial charge in [0.1, 0.15) is 12.1 Å². The molecule has 7 heteroatoms. The number of hydrogen-bond donors (Lipinski definition) is 2. The zero-order valence-electron chi connectivity index (χ0n) is 16.5. The van der Waals surface area contributed by atoms with E-state index in [0.717, 1.165) is 37.3 Å². The summed E-state index contributed by atoms with van der Waals surface area (Å²) in [5.74, 6) is -0.0731. The molecule has 3 heterocycles. The Balaban J connectivity index is 1.41. The Morgan fingerprint density at radius 3 is 2.59 bits per heavy atom. The highest BCUT2D eigenvalue weighted by Crippen LogP contribution is 2.37. The van der Waals surface area contributed by atoms with Gasteiger partial charge >= 0.3 is 0 Å². The van der Waals surface area contributed by atoms with Crippen LogP contribution >= 0.6 is 0 Å². The molecule has 1 aromatic heterocycles. The van der Waals surface area contributed by atoms with E-state index in [1.54, 1.807) is 11.1 Å². The lowest BCUT2D eigenvalue weighted by molar-refractivity contribution is -0.136. The number of aromatic nitrogens is 1. The van der Waals surface area contributed by atoms with Crippen LogP contribution in [0.4, 0.5) is 5.69 Å². The average molecular weight is 393 g/mol. The summed E-state index contributed by atoms with van der Waals surface area (Å²) in [5, 5.41) is 6.27. The number of para-hydroxylation sites is 1. The van der Waals surface area contributed by atoms with Gasteiger partial charge in [-0.05, 0) is 50.2 Å². The molecule has 2 fully saturated rings. The molecule has 7 nitrogen and oxygen atoms in total. The largest absolute Gasteiger partial charge is 0.354 e. The molecule has 0 atom stereocenters. The van der Waals surface area contributed by atoms with Gasteiger partial charge in [0.05, 0.1) is 6.67 Å². The van der Waals surface area contributed by atoms with Crippen molar-refractivity contribution in [2.24, 2.45) is 0 Å². The maximum absolute atomic E-state index is 13.4. The van der Waals surface area contributed by atoms with E-state index in [9.17, 15) is 9.59 Å². The Morgan fingerprint density at radius 2 is 1.86 bits per heavy atom. The van der Waals surface area contributed by atoms with Crippen molar-refractivity contribution in [3.63, 3.8) is 0 Å². The van der Waals surface area contributed by atoms with Crippen molar-refractivity contribution in [1.82, 2.24) is 20.5 Å². The topological polar surface area (TPSA) is 77.6 Å². The Kier molecular flexibility index (Phi) is 5.76. The molecule has 152 valence electrons. The van der Waals surface area contributed by atoms with Crippen LogP contribution in [0.1, 0.15) is 18.5 Å². The second-order valence-corrected chi connectivity index (χ2v) is 7.61. The van der Waals surface area contributed by atoms with Gasteiger partial charge in [-0.25, -0.2) is 0 Å². The molecule has 1 aromatic carbocycles. The first-order valence-corrected chi connectivity index (χ1v) is 10.2. The predicted octanol–water partition coefficient (Wildman–Crippen LogP) is 1.17. The number of rotatable bonds is 6. The third-order valence-electron chi connectivity index (χ3n) is 5.78. The van der Waals surface area contributed by atoms with E-state index >= 15 is 0 Å². The third kappa shape index (κ3) is 4.10. The quantitative estimate of drug-likeness (QED) is 0.770. The van der Waals surface area contributed by atoms with Crippen LogP contribution < -0.4 is 15.5 Å². The van der Waals surface area contributed by atoms with Crippen LogP contribution in [0, 0.1) is 0 Å². The van der Waals surface area contributed by atoms with E-state index in [4.69, 9.17) is 0 Å². The predicted molar refractivity (Wildman–Crippen MR) is 111 cm³/mol. The van der Waals surface area contributed by atoms with Crippen LogP contribution in [0.2, 0.25) is 0 Å². The molecule has 1 spiro atoms. The number of piperidine rings is 1. The van der Waals surface area contributed by atoms with Crippen LogP contribution in [0.5, 0.6) is 0 Å². The molecule has 2 aliphatic heterocycles. The van der Waals surface area contributed by atoms with Crippen molar-refractivity contribution in [3.8, 4) is 0 Å². The van der Waals surface area contributed by atoms with Crippen molar-refractivity contribution >= 4 is 17.5 Å². The van der Waals surface area contributed by atoms with Crippen molar-refractivity contribution in [1.29, 1.82) is 0 Å². The standard InChI is InChI=1S/C22H27N5O2/c28-20(25-13-9-18-6-4-5-12-24-18)16-26-17-27(19-7-2-1-3-8-19)22(21(26)29)10-14-23-15-11-22/h1-8,12,23H,9-11,13-17H2,(H,25,28). The molecule has 2 saturated heterocycles. The van der Waals surface area contributed by atoms with Crippen molar-refractivity contribution < 1.29 is 9.59 Å². The molecule has 0 aliphatic carbocycles. The first-order valence-electron chi connectivity index (χ1n) is 10.2. The fraction of sp³-hybridized carbons (Fsp3) is 0.409. The monoisotopic (exact) mass is 393 g/mol. The number of pyridine rings is 1. The molecule has 2 amide bonds. The summed E-state index contributed by atoms with van der Waals surface area (Å²) in [6.07, 6.45) is 3.92. The van der Waals surface area contributed by atoms with E-state index in [0.29, 0.717) is 19.6 Å². The first-order chi connectivity index (χ1) is 14.2. The van der Waals surface area contributed by atoms with Gasteiger partial charge in [-0.3, -0.25) is 14.6 Å². The number of hydrogen-bond acceptors (Lipinski definition) is 5. The van der Waals surface area contributed by atoms with E-state index in [-0.39, 0.29) is 18.4 Å². The summed E-state index contributed by atoms with van der Waals surface area (Å²) >= 11 is 0. The van der Waals surface area contributed by atoms with E-state index < -0.39 is 5.54 Å². The molecule has 2 aromatic rings. The Hall–Kier alpha value is -2.93. The molecule has 4 rings (SSSR count). The van der Waals surface area contributed by atoms with Crippen molar-refractivity contribution in [3.05, 3.63) is 60.4 Å². The lowest BCUT2D eigenvalue weighted by Crippen LogP contribution is -2.55. The van der Waals surface area contributed by atoms with Crippen LogP contribution in [0.3, 0.4) is 0 Å². The van der Waals surface area contributed by atoms with E-state index in [2.05, 4.69) is 20.5 Å².